The van der Waals surface area contributed by atoms with Crippen LogP contribution in [0, 0.1) is 33.5 Å². The van der Waals surface area contributed by atoms with Crippen molar-refractivity contribution < 1.29 is 9.18 Å². The summed E-state index contributed by atoms with van der Waals surface area (Å²) in [4.78, 5) is 24.1. The van der Waals surface area contributed by atoms with Crippen molar-refractivity contribution in [2.45, 2.75) is 47.1 Å². The number of hydrogen-bond donors (Lipinski definition) is 0. The molecule has 0 saturated carbocycles. The molecule has 4 rings (SSSR count). The number of anilines is 1. The van der Waals surface area contributed by atoms with E-state index in [2.05, 4.69) is 15.1 Å². The van der Waals surface area contributed by atoms with E-state index in [1.165, 1.54) is 12.1 Å². The van der Waals surface area contributed by atoms with Gasteiger partial charge in [-0.1, -0.05) is 0 Å². The lowest BCUT2D eigenvalue weighted by molar-refractivity contribution is -0.118. The topological polar surface area (TPSA) is 63.4 Å². The molecule has 0 aliphatic carbocycles. The van der Waals surface area contributed by atoms with Crippen molar-refractivity contribution in [1.29, 1.82) is 0 Å². The standard InChI is InChI=1S/C23H24FN5OS/c1-14-11-22-25-15(2)21(16(3)29(22)27-14)9-10-23(30)28(12-19-13-31-17(4)26-19)20-7-5-18(24)6-8-20/h5-8,11,13H,9-10,12H2,1-4H3. The van der Waals surface area contributed by atoms with Gasteiger partial charge in [-0.05, 0) is 63.9 Å². The summed E-state index contributed by atoms with van der Waals surface area (Å²) in [6, 6.07) is 7.94. The molecule has 0 atom stereocenters. The van der Waals surface area contributed by atoms with Crippen LogP contribution in [0.3, 0.4) is 0 Å². The summed E-state index contributed by atoms with van der Waals surface area (Å²) in [5, 5.41) is 7.40. The lowest BCUT2D eigenvalue weighted by Gasteiger charge is -2.22. The van der Waals surface area contributed by atoms with Crippen molar-refractivity contribution in [3.05, 3.63) is 74.9 Å². The summed E-state index contributed by atoms with van der Waals surface area (Å²) < 4.78 is 15.3. The van der Waals surface area contributed by atoms with Crippen LogP contribution in [0.2, 0.25) is 0 Å². The molecule has 3 heterocycles. The van der Waals surface area contributed by atoms with Crippen molar-refractivity contribution in [3.63, 3.8) is 0 Å². The van der Waals surface area contributed by atoms with Crippen LogP contribution in [0.15, 0.2) is 35.7 Å². The molecule has 0 spiro atoms. The van der Waals surface area contributed by atoms with Gasteiger partial charge in [0, 0.05) is 34.9 Å². The van der Waals surface area contributed by atoms with Gasteiger partial charge < -0.3 is 4.90 Å². The third kappa shape index (κ3) is 4.49. The Kier molecular flexibility index (Phi) is 5.82. The number of fused-ring (bicyclic) bond motifs is 1. The number of nitrogens with zero attached hydrogens (tertiary/aromatic N) is 5. The normalized spacial score (nSPS) is 11.3. The van der Waals surface area contributed by atoms with Crippen LogP contribution >= 0.6 is 11.3 Å². The van der Waals surface area contributed by atoms with Crippen LogP contribution < -0.4 is 4.90 Å². The highest BCUT2D eigenvalue weighted by atomic mass is 32.1. The Labute approximate surface area is 184 Å². The first-order valence-electron chi connectivity index (χ1n) is 10.1. The maximum atomic E-state index is 13.4. The van der Waals surface area contributed by atoms with Gasteiger partial charge >= 0.3 is 0 Å². The number of thiazole rings is 1. The number of hydrogen-bond acceptors (Lipinski definition) is 5. The van der Waals surface area contributed by atoms with Crippen molar-refractivity contribution in [1.82, 2.24) is 19.6 Å². The van der Waals surface area contributed by atoms with Crippen LogP contribution in [0.25, 0.3) is 5.65 Å². The average Bonchev–Trinajstić information content (AvgIpc) is 3.31. The number of aryl methyl sites for hydroxylation is 4. The van der Waals surface area contributed by atoms with Gasteiger partial charge in [0.2, 0.25) is 5.91 Å². The summed E-state index contributed by atoms with van der Waals surface area (Å²) in [5.74, 6) is -0.381. The maximum absolute atomic E-state index is 13.4. The molecule has 3 aromatic heterocycles. The van der Waals surface area contributed by atoms with Gasteiger partial charge in [0.05, 0.1) is 22.9 Å². The summed E-state index contributed by atoms with van der Waals surface area (Å²) in [6.45, 7) is 8.19. The lowest BCUT2D eigenvalue weighted by Crippen LogP contribution is -2.31. The van der Waals surface area contributed by atoms with E-state index in [0.29, 0.717) is 25.1 Å². The molecule has 0 N–H and O–H groups in total. The van der Waals surface area contributed by atoms with Crippen LogP contribution in [-0.4, -0.2) is 25.5 Å². The highest BCUT2D eigenvalue weighted by Gasteiger charge is 2.19. The average molecular weight is 438 g/mol. The lowest BCUT2D eigenvalue weighted by atomic mass is 10.1. The molecular weight excluding hydrogens is 413 g/mol. The highest BCUT2D eigenvalue weighted by molar-refractivity contribution is 7.09. The zero-order valence-corrected chi connectivity index (χ0v) is 18.8. The van der Waals surface area contributed by atoms with Gasteiger partial charge in [0.25, 0.3) is 0 Å². The third-order valence-corrected chi connectivity index (χ3v) is 6.12. The molecule has 6 nitrogen and oxygen atoms in total. The van der Waals surface area contributed by atoms with Crippen molar-refractivity contribution >= 4 is 28.6 Å². The molecule has 31 heavy (non-hydrogen) atoms. The van der Waals surface area contributed by atoms with Crippen LogP contribution in [0.4, 0.5) is 10.1 Å². The monoisotopic (exact) mass is 437 g/mol. The van der Waals surface area contributed by atoms with E-state index in [0.717, 1.165) is 39.0 Å². The molecule has 0 fully saturated rings. The fourth-order valence-electron chi connectivity index (χ4n) is 3.76. The Bertz CT molecular complexity index is 1250. The Morgan fingerprint density at radius 2 is 1.87 bits per heavy atom. The number of aromatic nitrogens is 4. The van der Waals surface area contributed by atoms with Gasteiger partial charge in [0.1, 0.15) is 5.82 Å². The number of carbonyl (C=O) groups is 1. The second-order valence-corrected chi connectivity index (χ2v) is 8.69. The molecule has 4 aromatic rings. The van der Waals surface area contributed by atoms with E-state index >= 15 is 0 Å². The molecule has 0 radical (unpaired) electrons. The highest BCUT2D eigenvalue weighted by Crippen LogP contribution is 2.22. The number of amides is 1. The first-order chi connectivity index (χ1) is 14.8. The second kappa shape index (κ2) is 8.55. The first-order valence-corrected chi connectivity index (χ1v) is 11.0. The fourth-order valence-corrected chi connectivity index (χ4v) is 4.36. The fraction of sp³-hybridized carbons (Fsp3) is 0.304. The molecule has 1 aromatic carbocycles. The molecule has 160 valence electrons. The van der Waals surface area contributed by atoms with E-state index in [1.807, 2.05) is 43.7 Å². The Balaban J connectivity index is 1.59. The van der Waals surface area contributed by atoms with Gasteiger partial charge in [0.15, 0.2) is 5.65 Å². The smallest absolute Gasteiger partial charge is 0.227 e. The zero-order chi connectivity index (χ0) is 22.1. The van der Waals surface area contributed by atoms with E-state index < -0.39 is 0 Å². The van der Waals surface area contributed by atoms with Crippen molar-refractivity contribution in [2.24, 2.45) is 0 Å². The number of carbonyl (C=O) groups excluding carboxylic acids is 1. The third-order valence-electron chi connectivity index (χ3n) is 5.30. The summed E-state index contributed by atoms with van der Waals surface area (Å²) in [6.07, 6.45) is 0.849. The predicted octanol–water partition coefficient (Wildman–Crippen LogP) is 4.72. The molecular formula is C23H24FN5OS. The Morgan fingerprint density at radius 3 is 2.55 bits per heavy atom. The van der Waals surface area contributed by atoms with Gasteiger partial charge in [-0.2, -0.15) is 5.10 Å². The second-order valence-electron chi connectivity index (χ2n) is 7.63. The number of rotatable bonds is 6. The first kappa shape index (κ1) is 21.1. The zero-order valence-electron chi connectivity index (χ0n) is 18.0. The van der Waals surface area contributed by atoms with E-state index in [1.54, 1.807) is 28.4 Å². The van der Waals surface area contributed by atoms with E-state index in [4.69, 9.17) is 0 Å². The quantitative estimate of drug-likeness (QED) is 0.438. The molecule has 1 amide bonds. The van der Waals surface area contributed by atoms with Gasteiger partial charge in [-0.3, -0.25) is 4.79 Å². The predicted molar refractivity (Wildman–Crippen MR) is 120 cm³/mol. The minimum atomic E-state index is -0.333. The van der Waals surface area contributed by atoms with Crippen LogP contribution in [-0.2, 0) is 17.8 Å². The van der Waals surface area contributed by atoms with Crippen LogP contribution in [0.1, 0.15) is 39.8 Å². The summed E-state index contributed by atoms with van der Waals surface area (Å²) in [5.41, 5.74) is 6.11. The SMILES string of the molecule is Cc1cc2nc(C)c(CCC(=O)N(Cc3csc(C)n3)c3ccc(F)cc3)c(C)n2n1. The molecule has 8 heteroatoms. The summed E-state index contributed by atoms with van der Waals surface area (Å²) >= 11 is 1.55. The van der Waals surface area contributed by atoms with E-state index in [9.17, 15) is 9.18 Å². The number of benzene rings is 1. The number of halogens is 1. The summed E-state index contributed by atoms with van der Waals surface area (Å²) in [7, 11) is 0. The van der Waals surface area contributed by atoms with Gasteiger partial charge in [-0.25, -0.2) is 18.9 Å². The van der Waals surface area contributed by atoms with E-state index in [-0.39, 0.29) is 11.7 Å². The minimum absolute atomic E-state index is 0.0483. The Morgan fingerprint density at radius 1 is 1.13 bits per heavy atom. The maximum Gasteiger partial charge on any atom is 0.227 e. The van der Waals surface area contributed by atoms with Crippen molar-refractivity contribution in [3.8, 4) is 0 Å². The Hall–Kier alpha value is -3.13. The molecule has 0 bridgehead atoms. The largest absolute Gasteiger partial charge is 0.306 e. The van der Waals surface area contributed by atoms with Gasteiger partial charge in [-0.15, -0.1) is 11.3 Å². The molecule has 0 saturated heterocycles. The van der Waals surface area contributed by atoms with Crippen molar-refractivity contribution in [2.75, 3.05) is 4.90 Å². The molecule has 0 unspecified atom stereocenters. The molecule has 0 aliphatic heterocycles. The van der Waals surface area contributed by atoms with Crippen LogP contribution in [0.5, 0.6) is 0 Å². The molecule has 0 aliphatic rings. The minimum Gasteiger partial charge on any atom is -0.306 e.